The van der Waals surface area contributed by atoms with E-state index in [1.807, 2.05) is 19.1 Å². The van der Waals surface area contributed by atoms with Gasteiger partial charge in [0.25, 0.3) is 11.7 Å². The zero-order chi connectivity index (χ0) is 22.1. The highest BCUT2D eigenvalue weighted by molar-refractivity contribution is 6.51. The minimum atomic E-state index is -1.16. The van der Waals surface area contributed by atoms with Crippen LogP contribution in [0.5, 0.6) is 0 Å². The molecule has 2 heterocycles. The summed E-state index contributed by atoms with van der Waals surface area (Å²) in [5.41, 5.74) is 1.52. The Bertz CT molecular complexity index is 1190. The van der Waals surface area contributed by atoms with E-state index in [0.717, 1.165) is 29.0 Å². The molecule has 0 spiro atoms. The fourth-order valence-corrected chi connectivity index (χ4v) is 3.61. The van der Waals surface area contributed by atoms with Gasteiger partial charge in [-0.05, 0) is 36.2 Å². The lowest BCUT2D eigenvalue weighted by molar-refractivity contribution is -0.132. The maximum atomic E-state index is 13.9. The minimum Gasteiger partial charge on any atom is -0.507 e. The average molecular weight is 420 g/mol. The molecular weight excluding hydrogens is 402 g/mol. The Morgan fingerprint density at radius 3 is 2.39 bits per heavy atom. The number of carbonyl (C=O) groups is 2. The molecule has 1 N–H and O–H groups in total. The minimum absolute atomic E-state index is 0.0166. The van der Waals surface area contributed by atoms with Crippen LogP contribution in [-0.4, -0.2) is 21.8 Å². The molecule has 31 heavy (non-hydrogen) atoms. The standard InChI is InChI=1S/C24H18F2N2O3/c1-2-14-6-8-15(9-7-14)22(29)20-21(19-5-3-4-12-27-19)28(24(31)23(20)30)16-10-11-17(25)18(26)13-16/h3-13,21,29H,2H2,1H3/b22-20+. The van der Waals surface area contributed by atoms with Crippen molar-refractivity contribution in [2.75, 3.05) is 4.90 Å². The summed E-state index contributed by atoms with van der Waals surface area (Å²) >= 11 is 0. The van der Waals surface area contributed by atoms with Crippen LogP contribution >= 0.6 is 0 Å². The molecule has 1 unspecified atom stereocenters. The van der Waals surface area contributed by atoms with E-state index in [2.05, 4.69) is 4.98 Å². The lowest BCUT2D eigenvalue weighted by Gasteiger charge is -2.24. The summed E-state index contributed by atoms with van der Waals surface area (Å²) < 4.78 is 27.4. The molecule has 5 nitrogen and oxygen atoms in total. The second kappa shape index (κ2) is 8.10. The Labute approximate surface area is 177 Å². The first kappa shape index (κ1) is 20.4. The number of aryl methyl sites for hydroxylation is 1. The van der Waals surface area contributed by atoms with Crippen LogP contribution in [-0.2, 0) is 16.0 Å². The van der Waals surface area contributed by atoms with Crippen molar-refractivity contribution in [3.63, 3.8) is 0 Å². The smallest absolute Gasteiger partial charge is 0.300 e. The van der Waals surface area contributed by atoms with Gasteiger partial charge in [-0.25, -0.2) is 8.78 Å². The SMILES string of the molecule is CCc1ccc(/C(O)=C2\C(=O)C(=O)N(c3ccc(F)c(F)c3)C2c2ccccn2)cc1. The average Bonchev–Trinajstić information content (AvgIpc) is 3.06. The van der Waals surface area contributed by atoms with E-state index in [4.69, 9.17) is 0 Å². The molecule has 1 aromatic heterocycles. The second-order valence-electron chi connectivity index (χ2n) is 7.07. The number of ketones is 1. The van der Waals surface area contributed by atoms with Crippen LogP contribution in [0, 0.1) is 11.6 Å². The van der Waals surface area contributed by atoms with Crippen LogP contribution in [0.3, 0.4) is 0 Å². The number of halogens is 2. The van der Waals surface area contributed by atoms with Crippen molar-refractivity contribution in [3.05, 3.63) is 101 Å². The van der Waals surface area contributed by atoms with E-state index in [1.165, 1.54) is 12.3 Å². The summed E-state index contributed by atoms with van der Waals surface area (Å²) in [5, 5.41) is 11.0. The molecule has 3 aromatic rings. The zero-order valence-corrected chi connectivity index (χ0v) is 16.5. The highest BCUT2D eigenvalue weighted by atomic mass is 19.2. The van der Waals surface area contributed by atoms with E-state index in [1.54, 1.807) is 30.3 Å². The van der Waals surface area contributed by atoms with E-state index < -0.39 is 29.4 Å². The van der Waals surface area contributed by atoms with Crippen molar-refractivity contribution in [1.29, 1.82) is 0 Å². The Morgan fingerprint density at radius 2 is 1.77 bits per heavy atom. The fraction of sp³-hybridized carbons (Fsp3) is 0.125. The Balaban J connectivity index is 1.92. The lowest BCUT2D eigenvalue weighted by Crippen LogP contribution is -2.30. The number of aromatic nitrogens is 1. The second-order valence-corrected chi connectivity index (χ2v) is 7.07. The molecule has 0 bridgehead atoms. The van der Waals surface area contributed by atoms with Crippen LogP contribution < -0.4 is 4.90 Å². The largest absolute Gasteiger partial charge is 0.507 e. The number of hydrogen-bond donors (Lipinski definition) is 1. The number of rotatable bonds is 4. The molecule has 1 aliphatic heterocycles. The maximum Gasteiger partial charge on any atom is 0.300 e. The maximum absolute atomic E-state index is 13.9. The molecule has 0 radical (unpaired) electrons. The van der Waals surface area contributed by atoms with Gasteiger partial charge in [0.1, 0.15) is 11.8 Å². The summed E-state index contributed by atoms with van der Waals surface area (Å²) in [6.07, 6.45) is 2.28. The molecule has 7 heteroatoms. The van der Waals surface area contributed by atoms with Crippen LogP contribution in [0.15, 0.2) is 72.4 Å². The summed E-state index contributed by atoms with van der Waals surface area (Å²) in [5.74, 6) is -4.49. The number of carbonyl (C=O) groups excluding carboxylic acids is 2. The van der Waals surface area contributed by atoms with Crippen molar-refractivity contribution in [1.82, 2.24) is 4.98 Å². The monoisotopic (exact) mass is 420 g/mol. The van der Waals surface area contributed by atoms with Gasteiger partial charge in [0, 0.05) is 23.5 Å². The third-order valence-electron chi connectivity index (χ3n) is 5.23. The molecule has 4 rings (SSSR count). The summed E-state index contributed by atoms with van der Waals surface area (Å²) in [4.78, 5) is 31.1. The first-order valence-corrected chi connectivity index (χ1v) is 9.68. The highest BCUT2D eigenvalue weighted by Gasteiger charge is 2.47. The van der Waals surface area contributed by atoms with Crippen molar-refractivity contribution >= 4 is 23.1 Å². The molecule has 1 fully saturated rings. The van der Waals surface area contributed by atoms with E-state index in [-0.39, 0.29) is 17.0 Å². The summed E-state index contributed by atoms with van der Waals surface area (Å²) in [7, 11) is 0. The number of nitrogens with zero attached hydrogens (tertiary/aromatic N) is 2. The molecule has 0 aliphatic carbocycles. The van der Waals surface area contributed by atoms with Gasteiger partial charge in [-0.15, -0.1) is 0 Å². The van der Waals surface area contributed by atoms with E-state index in [9.17, 15) is 23.5 Å². The zero-order valence-electron chi connectivity index (χ0n) is 16.5. The highest BCUT2D eigenvalue weighted by Crippen LogP contribution is 2.41. The number of aliphatic hydroxyl groups excluding tert-OH is 1. The number of anilines is 1. The quantitative estimate of drug-likeness (QED) is 0.382. The molecule has 1 atom stereocenters. The fourth-order valence-electron chi connectivity index (χ4n) is 3.61. The van der Waals surface area contributed by atoms with E-state index >= 15 is 0 Å². The first-order chi connectivity index (χ1) is 14.9. The van der Waals surface area contributed by atoms with Gasteiger partial charge >= 0.3 is 0 Å². The molecular formula is C24H18F2N2O3. The van der Waals surface area contributed by atoms with Crippen LogP contribution in [0.25, 0.3) is 5.76 Å². The summed E-state index contributed by atoms with van der Waals surface area (Å²) in [6.45, 7) is 1.99. The molecule has 1 amide bonds. The normalized spacial score (nSPS) is 17.9. The van der Waals surface area contributed by atoms with Gasteiger partial charge in [-0.1, -0.05) is 37.3 Å². The van der Waals surface area contributed by atoms with Crippen molar-refractivity contribution in [2.45, 2.75) is 19.4 Å². The lowest BCUT2D eigenvalue weighted by atomic mass is 9.97. The van der Waals surface area contributed by atoms with Crippen molar-refractivity contribution < 1.29 is 23.5 Å². The topological polar surface area (TPSA) is 70.5 Å². The number of pyridine rings is 1. The molecule has 156 valence electrons. The number of Topliss-reactive ketones (excluding diaryl/α,β-unsaturated/α-hetero) is 1. The molecule has 0 saturated carbocycles. The molecule has 1 aliphatic rings. The van der Waals surface area contributed by atoms with Gasteiger partial charge in [-0.2, -0.15) is 0 Å². The number of hydrogen-bond acceptors (Lipinski definition) is 4. The third kappa shape index (κ3) is 3.59. The first-order valence-electron chi connectivity index (χ1n) is 9.68. The van der Waals surface area contributed by atoms with Crippen molar-refractivity contribution in [3.8, 4) is 0 Å². The van der Waals surface area contributed by atoms with Gasteiger partial charge in [0.05, 0.1) is 11.3 Å². The number of aliphatic hydroxyl groups is 1. The van der Waals surface area contributed by atoms with Crippen LogP contribution in [0.2, 0.25) is 0 Å². The third-order valence-corrected chi connectivity index (χ3v) is 5.23. The van der Waals surface area contributed by atoms with Gasteiger partial charge < -0.3 is 5.11 Å². The van der Waals surface area contributed by atoms with Gasteiger partial charge in [0.15, 0.2) is 11.6 Å². The molecule has 2 aromatic carbocycles. The Kier molecular flexibility index (Phi) is 5.33. The van der Waals surface area contributed by atoms with E-state index in [0.29, 0.717) is 11.3 Å². The predicted molar refractivity (Wildman–Crippen MR) is 111 cm³/mol. The van der Waals surface area contributed by atoms with Crippen LogP contribution in [0.4, 0.5) is 14.5 Å². The Morgan fingerprint density at radius 1 is 1.03 bits per heavy atom. The number of benzene rings is 2. The van der Waals surface area contributed by atoms with Gasteiger partial charge in [0.2, 0.25) is 0 Å². The Hall–Kier alpha value is -3.87. The molecule has 1 saturated heterocycles. The van der Waals surface area contributed by atoms with Gasteiger partial charge in [-0.3, -0.25) is 19.5 Å². The van der Waals surface area contributed by atoms with Crippen LogP contribution in [0.1, 0.15) is 29.8 Å². The predicted octanol–water partition coefficient (Wildman–Crippen LogP) is 4.55. The van der Waals surface area contributed by atoms with Crippen molar-refractivity contribution in [2.24, 2.45) is 0 Å². The number of amides is 1. The summed E-state index contributed by atoms with van der Waals surface area (Å²) in [6, 6.07) is 13.7.